The van der Waals surface area contributed by atoms with Crippen molar-refractivity contribution in [2.24, 2.45) is 0 Å². The maximum absolute atomic E-state index is 11.3. The van der Waals surface area contributed by atoms with E-state index in [1.165, 1.54) is 12.6 Å². The minimum Gasteiger partial charge on any atom is -0.313 e. The summed E-state index contributed by atoms with van der Waals surface area (Å²) in [5, 5.41) is 3.34. The fourth-order valence-corrected chi connectivity index (χ4v) is 2.72. The molecule has 0 aromatic heterocycles. The second kappa shape index (κ2) is 7.99. The molecule has 0 aliphatic carbocycles. The maximum atomic E-state index is 11.3. The quantitative estimate of drug-likeness (QED) is 0.672. The Morgan fingerprint density at radius 3 is 2.47 bits per heavy atom. The fourth-order valence-electron chi connectivity index (χ4n) is 2.13. The Hall–Kier alpha value is -0.430. The second-order valence-electron chi connectivity index (χ2n) is 5.33. The Bertz CT molecular complexity index is 381. The lowest BCUT2D eigenvalue weighted by atomic mass is 10.1. The molecule has 1 aliphatic heterocycles. The first-order valence-corrected chi connectivity index (χ1v) is 8.58. The van der Waals surface area contributed by atoms with E-state index in [9.17, 15) is 8.42 Å². The molecule has 0 bridgehead atoms. The summed E-state index contributed by atoms with van der Waals surface area (Å²) in [5.74, 6) is 0.154. The van der Waals surface area contributed by atoms with Crippen LogP contribution in [-0.4, -0.2) is 58.3 Å². The molecule has 0 unspecified atom stereocenters. The molecule has 6 heteroatoms. The normalized spacial score (nSPS) is 18.5. The zero-order valence-corrected chi connectivity index (χ0v) is 13.1. The molecule has 1 aliphatic rings. The van der Waals surface area contributed by atoms with Crippen molar-refractivity contribution >= 4 is 10.0 Å². The summed E-state index contributed by atoms with van der Waals surface area (Å²) in [7, 11) is -1.62. The van der Waals surface area contributed by atoms with E-state index in [2.05, 4.69) is 34.9 Å². The van der Waals surface area contributed by atoms with Gasteiger partial charge in [-0.15, -0.1) is 0 Å². The Morgan fingerprint density at radius 1 is 1.32 bits per heavy atom. The van der Waals surface area contributed by atoms with E-state index in [-0.39, 0.29) is 5.75 Å². The number of sulfonamides is 1. The molecule has 2 N–H and O–H groups in total. The first-order valence-electron chi connectivity index (χ1n) is 6.93. The lowest BCUT2D eigenvalue weighted by Gasteiger charge is -2.31. The Morgan fingerprint density at radius 2 is 1.95 bits per heavy atom. The standard InChI is InChI=1S/C13H27N3O2S/c1-12(2)4-8-16-9-5-13(6-10-16)15-7-11-19(17,18)14-3/h4,13-15H,5-11H2,1-3H3. The maximum Gasteiger partial charge on any atom is 0.212 e. The molecule has 1 rings (SSSR count). The molecule has 1 heterocycles. The summed E-state index contributed by atoms with van der Waals surface area (Å²) in [4.78, 5) is 2.44. The van der Waals surface area contributed by atoms with Gasteiger partial charge in [0.2, 0.25) is 10.0 Å². The first-order chi connectivity index (χ1) is 8.93. The first kappa shape index (κ1) is 16.6. The van der Waals surface area contributed by atoms with Gasteiger partial charge in [-0.1, -0.05) is 11.6 Å². The SMILES string of the molecule is CNS(=O)(=O)CCNC1CCN(CC=C(C)C)CC1. The predicted octanol–water partition coefficient (Wildman–Crippen LogP) is 0.556. The second-order valence-corrected chi connectivity index (χ2v) is 7.38. The van der Waals surface area contributed by atoms with Crippen molar-refractivity contribution in [3.8, 4) is 0 Å². The lowest BCUT2D eigenvalue weighted by Crippen LogP contribution is -2.44. The summed E-state index contributed by atoms with van der Waals surface area (Å²) in [6.45, 7) is 7.97. The van der Waals surface area contributed by atoms with E-state index >= 15 is 0 Å². The van der Waals surface area contributed by atoms with Crippen LogP contribution in [0, 0.1) is 0 Å². The van der Waals surface area contributed by atoms with Crippen LogP contribution < -0.4 is 10.0 Å². The van der Waals surface area contributed by atoms with Crippen molar-refractivity contribution in [2.75, 3.05) is 39.0 Å². The molecule has 0 atom stereocenters. The van der Waals surface area contributed by atoms with Gasteiger partial charge in [-0.3, -0.25) is 4.90 Å². The highest BCUT2D eigenvalue weighted by Crippen LogP contribution is 2.10. The summed E-state index contributed by atoms with van der Waals surface area (Å²) < 4.78 is 24.9. The topological polar surface area (TPSA) is 61.4 Å². The summed E-state index contributed by atoms with van der Waals surface area (Å²) in [6, 6.07) is 0.454. The number of likely N-dealkylation sites (tertiary alicyclic amines) is 1. The van der Waals surface area contributed by atoms with Gasteiger partial charge in [0.25, 0.3) is 0 Å². The number of rotatable bonds is 7. The van der Waals surface area contributed by atoms with Crippen LogP contribution in [0.4, 0.5) is 0 Å². The average molecular weight is 289 g/mol. The van der Waals surface area contributed by atoms with Gasteiger partial charge >= 0.3 is 0 Å². The van der Waals surface area contributed by atoms with Crippen LogP contribution in [-0.2, 0) is 10.0 Å². The summed E-state index contributed by atoms with van der Waals surface area (Å²) in [5.41, 5.74) is 1.36. The van der Waals surface area contributed by atoms with Gasteiger partial charge in [0.1, 0.15) is 0 Å². The van der Waals surface area contributed by atoms with Crippen LogP contribution in [0.2, 0.25) is 0 Å². The van der Waals surface area contributed by atoms with Crippen LogP contribution in [0.25, 0.3) is 0 Å². The summed E-state index contributed by atoms with van der Waals surface area (Å²) in [6.07, 6.45) is 4.44. The van der Waals surface area contributed by atoms with E-state index < -0.39 is 10.0 Å². The molecule has 0 amide bonds. The van der Waals surface area contributed by atoms with Crippen LogP contribution in [0.15, 0.2) is 11.6 Å². The van der Waals surface area contributed by atoms with Crippen LogP contribution in [0.1, 0.15) is 26.7 Å². The third kappa shape index (κ3) is 7.06. The Kier molecular flexibility index (Phi) is 6.99. The van der Waals surface area contributed by atoms with Gasteiger partial charge in [0.15, 0.2) is 0 Å². The van der Waals surface area contributed by atoms with E-state index in [1.807, 2.05) is 0 Å². The lowest BCUT2D eigenvalue weighted by molar-refractivity contribution is 0.216. The highest BCUT2D eigenvalue weighted by atomic mass is 32.2. The van der Waals surface area contributed by atoms with Crippen molar-refractivity contribution in [3.05, 3.63) is 11.6 Å². The molecular formula is C13H27N3O2S. The molecule has 0 saturated carbocycles. The summed E-state index contributed by atoms with van der Waals surface area (Å²) >= 11 is 0. The van der Waals surface area contributed by atoms with Gasteiger partial charge in [0, 0.05) is 19.1 Å². The zero-order valence-electron chi connectivity index (χ0n) is 12.3. The number of piperidine rings is 1. The minimum atomic E-state index is -3.08. The number of nitrogens with one attached hydrogen (secondary N) is 2. The third-order valence-corrected chi connectivity index (χ3v) is 4.82. The predicted molar refractivity (Wildman–Crippen MR) is 79.7 cm³/mol. The van der Waals surface area contributed by atoms with Crippen molar-refractivity contribution in [1.29, 1.82) is 0 Å². The van der Waals surface area contributed by atoms with Crippen LogP contribution >= 0.6 is 0 Å². The number of allylic oxidation sites excluding steroid dienone is 1. The third-order valence-electron chi connectivity index (χ3n) is 3.46. The highest BCUT2D eigenvalue weighted by molar-refractivity contribution is 7.89. The number of hydrogen-bond acceptors (Lipinski definition) is 4. The van der Waals surface area contributed by atoms with Crippen LogP contribution in [0.3, 0.4) is 0 Å². The largest absolute Gasteiger partial charge is 0.313 e. The molecule has 19 heavy (non-hydrogen) atoms. The molecule has 0 spiro atoms. The number of nitrogens with zero attached hydrogens (tertiary/aromatic N) is 1. The Balaban J connectivity index is 2.18. The molecule has 0 radical (unpaired) electrons. The van der Waals surface area contributed by atoms with E-state index in [1.54, 1.807) is 0 Å². The van der Waals surface area contributed by atoms with E-state index in [0.717, 1.165) is 32.5 Å². The smallest absolute Gasteiger partial charge is 0.212 e. The van der Waals surface area contributed by atoms with Gasteiger partial charge in [-0.2, -0.15) is 0 Å². The molecule has 1 saturated heterocycles. The molecule has 112 valence electrons. The minimum absolute atomic E-state index is 0.154. The van der Waals surface area contributed by atoms with Crippen molar-refractivity contribution in [3.63, 3.8) is 0 Å². The molecule has 0 aromatic rings. The highest BCUT2D eigenvalue weighted by Gasteiger charge is 2.18. The van der Waals surface area contributed by atoms with Gasteiger partial charge < -0.3 is 5.32 Å². The number of hydrogen-bond donors (Lipinski definition) is 2. The monoisotopic (exact) mass is 289 g/mol. The fraction of sp³-hybridized carbons (Fsp3) is 0.846. The van der Waals surface area contributed by atoms with Crippen molar-refractivity contribution in [2.45, 2.75) is 32.7 Å². The molecule has 0 aromatic carbocycles. The molecule has 1 fully saturated rings. The molecule has 5 nitrogen and oxygen atoms in total. The zero-order chi connectivity index (χ0) is 14.3. The van der Waals surface area contributed by atoms with Crippen molar-refractivity contribution in [1.82, 2.24) is 14.9 Å². The Labute approximate surface area is 117 Å². The average Bonchev–Trinajstić information content (AvgIpc) is 2.37. The van der Waals surface area contributed by atoms with Crippen LogP contribution in [0.5, 0.6) is 0 Å². The van der Waals surface area contributed by atoms with Crippen molar-refractivity contribution < 1.29 is 8.42 Å². The molecular weight excluding hydrogens is 262 g/mol. The van der Waals surface area contributed by atoms with E-state index in [0.29, 0.717) is 12.6 Å². The van der Waals surface area contributed by atoms with Gasteiger partial charge in [-0.25, -0.2) is 13.1 Å². The van der Waals surface area contributed by atoms with Gasteiger partial charge in [0.05, 0.1) is 5.75 Å². The van der Waals surface area contributed by atoms with Gasteiger partial charge in [-0.05, 0) is 46.8 Å². The van der Waals surface area contributed by atoms with E-state index in [4.69, 9.17) is 0 Å².